The first kappa shape index (κ1) is 11.4. The molecule has 0 unspecified atom stereocenters. The Kier molecular flexibility index (Phi) is 2.98. The monoisotopic (exact) mass is 214 g/mol. The van der Waals surface area contributed by atoms with Gasteiger partial charge in [0, 0.05) is 5.56 Å². The van der Waals surface area contributed by atoms with Crippen molar-refractivity contribution in [2.45, 2.75) is 0 Å². The Morgan fingerprint density at radius 1 is 1.06 bits per heavy atom. The van der Waals surface area contributed by atoms with Crippen molar-refractivity contribution in [1.82, 2.24) is 0 Å². The van der Waals surface area contributed by atoms with Gasteiger partial charge in [-0.05, 0) is 12.1 Å². The van der Waals surface area contributed by atoms with Gasteiger partial charge in [0.2, 0.25) is 0 Å². The highest BCUT2D eigenvalue weighted by molar-refractivity contribution is 5.97. The van der Waals surface area contributed by atoms with E-state index in [1.807, 2.05) is 0 Å². The second-order valence-corrected chi connectivity index (χ2v) is 2.85. The van der Waals surface area contributed by atoms with Gasteiger partial charge in [0.05, 0.1) is 16.7 Å². The SMILES string of the molecule is C#Cc1cc(C(=O)O)cc(C(=O)O)c1C#C. The number of rotatable bonds is 2. The molecule has 0 atom stereocenters. The molecule has 0 spiro atoms. The maximum absolute atomic E-state index is 10.9. The number of aromatic carboxylic acids is 2. The fourth-order valence-corrected chi connectivity index (χ4v) is 1.20. The molecule has 2 N–H and O–H groups in total. The number of hydrogen-bond acceptors (Lipinski definition) is 2. The van der Waals surface area contributed by atoms with E-state index in [4.69, 9.17) is 23.1 Å². The largest absolute Gasteiger partial charge is 0.478 e. The summed E-state index contributed by atoms with van der Waals surface area (Å²) in [4.78, 5) is 21.6. The van der Waals surface area contributed by atoms with Crippen LogP contribution in [0.5, 0.6) is 0 Å². The molecule has 0 heterocycles. The smallest absolute Gasteiger partial charge is 0.337 e. The average Bonchev–Trinajstić information content (AvgIpc) is 2.26. The maximum Gasteiger partial charge on any atom is 0.337 e. The van der Waals surface area contributed by atoms with E-state index in [9.17, 15) is 9.59 Å². The minimum atomic E-state index is -1.31. The molecule has 0 bridgehead atoms. The quantitative estimate of drug-likeness (QED) is 0.721. The van der Waals surface area contributed by atoms with Crippen molar-refractivity contribution in [3.63, 3.8) is 0 Å². The van der Waals surface area contributed by atoms with Crippen molar-refractivity contribution < 1.29 is 19.8 Å². The highest BCUT2D eigenvalue weighted by Gasteiger charge is 2.16. The normalized spacial score (nSPS) is 8.88. The topological polar surface area (TPSA) is 74.6 Å². The minimum absolute atomic E-state index is 0.0139. The van der Waals surface area contributed by atoms with Gasteiger partial charge in [0.15, 0.2) is 0 Å². The van der Waals surface area contributed by atoms with Crippen LogP contribution < -0.4 is 0 Å². The van der Waals surface area contributed by atoms with Gasteiger partial charge in [-0.25, -0.2) is 9.59 Å². The Balaban J connectivity index is 3.66. The van der Waals surface area contributed by atoms with E-state index < -0.39 is 11.9 Å². The molecule has 0 aromatic heterocycles. The lowest BCUT2D eigenvalue weighted by Gasteiger charge is -2.04. The summed E-state index contributed by atoms with van der Waals surface area (Å²) in [5, 5.41) is 17.6. The van der Waals surface area contributed by atoms with Crippen LogP contribution in [0, 0.1) is 24.7 Å². The third-order valence-corrected chi connectivity index (χ3v) is 1.92. The molecule has 4 nitrogen and oxygen atoms in total. The lowest BCUT2D eigenvalue weighted by molar-refractivity contribution is 0.0695. The van der Waals surface area contributed by atoms with Crippen LogP contribution in [0.4, 0.5) is 0 Å². The van der Waals surface area contributed by atoms with Gasteiger partial charge in [-0.3, -0.25) is 0 Å². The molecule has 0 fully saturated rings. The molecule has 1 rings (SSSR count). The number of hydrogen-bond donors (Lipinski definition) is 2. The van der Waals surface area contributed by atoms with Crippen LogP contribution in [0.15, 0.2) is 12.1 Å². The highest BCUT2D eigenvalue weighted by atomic mass is 16.4. The zero-order valence-corrected chi connectivity index (χ0v) is 8.02. The number of carbonyl (C=O) groups is 2. The predicted molar refractivity (Wildman–Crippen MR) is 56.2 cm³/mol. The lowest BCUT2D eigenvalue weighted by Crippen LogP contribution is -2.07. The molecular formula is C12H6O4. The molecule has 0 saturated heterocycles. The lowest BCUT2D eigenvalue weighted by atomic mass is 9.98. The van der Waals surface area contributed by atoms with Crippen LogP contribution in [0.3, 0.4) is 0 Å². The molecule has 0 radical (unpaired) electrons. The van der Waals surface area contributed by atoms with Crippen molar-refractivity contribution in [1.29, 1.82) is 0 Å². The minimum Gasteiger partial charge on any atom is -0.478 e. The fourth-order valence-electron chi connectivity index (χ4n) is 1.20. The van der Waals surface area contributed by atoms with E-state index >= 15 is 0 Å². The van der Waals surface area contributed by atoms with Gasteiger partial charge >= 0.3 is 11.9 Å². The molecule has 78 valence electrons. The summed E-state index contributed by atoms with van der Waals surface area (Å²) in [6, 6.07) is 2.16. The summed E-state index contributed by atoms with van der Waals surface area (Å²) in [5.41, 5.74) is -0.389. The Hall–Kier alpha value is -2.72. The average molecular weight is 214 g/mol. The molecule has 4 heteroatoms. The standard InChI is InChI=1S/C12H6O4/c1-3-7-5-8(11(13)14)6-10(12(15)16)9(7)4-2/h1-2,5-6H,(H,13,14)(H,15,16). The third kappa shape index (κ3) is 1.87. The van der Waals surface area contributed by atoms with Gasteiger partial charge in [-0.2, -0.15) is 0 Å². The highest BCUT2D eigenvalue weighted by Crippen LogP contribution is 2.17. The van der Waals surface area contributed by atoms with Crippen LogP contribution in [-0.2, 0) is 0 Å². The van der Waals surface area contributed by atoms with Crippen molar-refractivity contribution >= 4 is 11.9 Å². The van der Waals surface area contributed by atoms with Crippen molar-refractivity contribution in [2.75, 3.05) is 0 Å². The third-order valence-electron chi connectivity index (χ3n) is 1.92. The van der Waals surface area contributed by atoms with Crippen molar-refractivity contribution in [3.8, 4) is 24.7 Å². The molecular weight excluding hydrogens is 208 g/mol. The summed E-state index contributed by atoms with van der Waals surface area (Å²) < 4.78 is 0. The Bertz CT molecular complexity index is 556. The van der Waals surface area contributed by atoms with Gasteiger partial charge in [-0.15, -0.1) is 12.8 Å². The molecule has 16 heavy (non-hydrogen) atoms. The Morgan fingerprint density at radius 2 is 1.69 bits per heavy atom. The second-order valence-electron chi connectivity index (χ2n) is 2.85. The summed E-state index contributed by atoms with van der Waals surface area (Å²) in [7, 11) is 0. The second kappa shape index (κ2) is 4.20. The van der Waals surface area contributed by atoms with Gasteiger partial charge in [0.25, 0.3) is 0 Å². The molecule has 1 aromatic carbocycles. The molecule has 0 aliphatic rings. The first-order valence-electron chi connectivity index (χ1n) is 4.09. The Labute approximate surface area is 91.5 Å². The fraction of sp³-hybridized carbons (Fsp3) is 0. The molecule has 0 aliphatic heterocycles. The van der Waals surface area contributed by atoms with Gasteiger partial charge in [-0.1, -0.05) is 11.8 Å². The van der Waals surface area contributed by atoms with E-state index in [0.29, 0.717) is 0 Å². The zero-order valence-electron chi connectivity index (χ0n) is 8.02. The number of carboxylic acids is 2. The first-order valence-corrected chi connectivity index (χ1v) is 4.09. The van der Waals surface area contributed by atoms with E-state index in [1.54, 1.807) is 0 Å². The first-order chi connectivity index (χ1) is 7.51. The zero-order chi connectivity index (χ0) is 12.3. The predicted octanol–water partition coefficient (Wildman–Crippen LogP) is 1.05. The molecule has 0 amide bonds. The number of carboxylic acid groups (broad SMARTS) is 2. The van der Waals surface area contributed by atoms with Crippen LogP contribution in [-0.4, -0.2) is 22.2 Å². The van der Waals surface area contributed by atoms with Crippen molar-refractivity contribution in [2.24, 2.45) is 0 Å². The summed E-state index contributed by atoms with van der Waals surface area (Å²) in [5.74, 6) is 1.74. The van der Waals surface area contributed by atoms with E-state index in [2.05, 4.69) is 11.8 Å². The van der Waals surface area contributed by atoms with Crippen LogP contribution in [0.1, 0.15) is 31.8 Å². The molecule has 0 saturated carbocycles. The van der Waals surface area contributed by atoms with E-state index in [0.717, 1.165) is 6.07 Å². The van der Waals surface area contributed by atoms with Gasteiger partial charge in [0.1, 0.15) is 0 Å². The molecule has 1 aromatic rings. The Morgan fingerprint density at radius 3 is 2.06 bits per heavy atom. The van der Waals surface area contributed by atoms with E-state index in [1.165, 1.54) is 6.07 Å². The number of benzene rings is 1. The van der Waals surface area contributed by atoms with Crippen LogP contribution in [0.2, 0.25) is 0 Å². The summed E-state index contributed by atoms with van der Waals surface area (Å²) in [6.45, 7) is 0. The van der Waals surface area contributed by atoms with Crippen LogP contribution >= 0.6 is 0 Å². The number of terminal acetylenes is 2. The maximum atomic E-state index is 10.9. The van der Waals surface area contributed by atoms with E-state index in [-0.39, 0.29) is 22.3 Å². The molecule has 0 aliphatic carbocycles. The summed E-state index contributed by atoms with van der Waals surface area (Å²) >= 11 is 0. The van der Waals surface area contributed by atoms with Crippen molar-refractivity contribution in [3.05, 3.63) is 34.4 Å². The van der Waals surface area contributed by atoms with Gasteiger partial charge < -0.3 is 10.2 Å². The van der Waals surface area contributed by atoms with Crippen LogP contribution in [0.25, 0.3) is 0 Å². The summed E-state index contributed by atoms with van der Waals surface area (Å²) in [6.07, 6.45) is 10.3.